The van der Waals surface area contributed by atoms with Crippen molar-refractivity contribution in [1.29, 1.82) is 0 Å². The zero-order chi connectivity index (χ0) is 28.7. The largest absolute Gasteiger partial charge is 0.508 e. The predicted molar refractivity (Wildman–Crippen MR) is 144 cm³/mol. The topological polar surface area (TPSA) is 163 Å². The van der Waals surface area contributed by atoms with Crippen LogP contribution < -0.4 is 11.3 Å². The van der Waals surface area contributed by atoms with Crippen LogP contribution >= 0.6 is 0 Å². The number of nitrogens with one attached hydrogen (secondary N) is 1. The van der Waals surface area contributed by atoms with Gasteiger partial charge in [-0.2, -0.15) is 0 Å². The summed E-state index contributed by atoms with van der Waals surface area (Å²) < 4.78 is 6.77. The maximum absolute atomic E-state index is 14.7. The standard InChI is InChI=1S/C27H37N3O7Si/c1-12-9-13-10-14-11-15-19(30(5)6)21(32)18(24(28)35)23(34)27(15,37-38(7,8)26(2,3)4)22(33)16(14)20(31)17(13)25(36)29-12/h9,14-15,19,31,34H,10-11H2,1-8H3,(H2,28,35)(H,29,36)/t14-,15-,19-,27-/m0/s1. The summed E-state index contributed by atoms with van der Waals surface area (Å²) in [6, 6.07) is 0.772. The Morgan fingerprint density at radius 1 is 1.21 bits per heavy atom. The fraction of sp³-hybridized carbons (Fsp3) is 0.556. The Balaban J connectivity index is 2.10. The minimum absolute atomic E-state index is 0.00534. The van der Waals surface area contributed by atoms with Gasteiger partial charge >= 0.3 is 0 Å². The van der Waals surface area contributed by atoms with Crippen molar-refractivity contribution in [2.24, 2.45) is 17.6 Å². The molecule has 1 aromatic heterocycles. The molecular weight excluding hydrogens is 506 g/mol. The minimum Gasteiger partial charge on any atom is -0.508 e. The number of carbonyl (C=O) groups is 3. The van der Waals surface area contributed by atoms with E-state index in [4.69, 9.17) is 10.2 Å². The Morgan fingerprint density at radius 3 is 2.34 bits per heavy atom. The number of nitrogens with zero attached hydrogens (tertiary/aromatic N) is 1. The lowest BCUT2D eigenvalue weighted by atomic mass is 9.57. The van der Waals surface area contributed by atoms with Gasteiger partial charge in [0.1, 0.15) is 17.1 Å². The van der Waals surface area contributed by atoms with Gasteiger partial charge in [-0.05, 0) is 69.5 Å². The minimum atomic E-state index is -2.88. The second-order valence-electron chi connectivity index (χ2n) is 12.5. The number of hydrogen-bond donors (Lipinski definition) is 4. The van der Waals surface area contributed by atoms with Crippen molar-refractivity contribution in [3.8, 4) is 0 Å². The third-order valence-electron chi connectivity index (χ3n) is 8.77. The number of pyridine rings is 1. The van der Waals surface area contributed by atoms with E-state index < -0.39 is 77.0 Å². The quantitative estimate of drug-likeness (QED) is 0.332. The lowest BCUT2D eigenvalue weighted by molar-refractivity contribution is -0.151. The monoisotopic (exact) mass is 543 g/mol. The first-order chi connectivity index (χ1) is 17.4. The Kier molecular flexibility index (Phi) is 6.45. The molecule has 0 bridgehead atoms. The summed E-state index contributed by atoms with van der Waals surface area (Å²) in [5, 5.41) is 22.6. The van der Waals surface area contributed by atoms with Crippen molar-refractivity contribution in [3.05, 3.63) is 50.1 Å². The van der Waals surface area contributed by atoms with Crippen molar-refractivity contribution in [2.45, 2.75) is 70.3 Å². The van der Waals surface area contributed by atoms with Gasteiger partial charge in [-0.15, -0.1) is 0 Å². The Morgan fingerprint density at radius 2 is 1.82 bits per heavy atom. The summed E-state index contributed by atoms with van der Waals surface area (Å²) in [5.41, 5.74) is 3.44. The first kappa shape index (κ1) is 28.0. The molecule has 1 heterocycles. The number of rotatable bonds is 4. The van der Waals surface area contributed by atoms with Gasteiger partial charge in [-0.25, -0.2) is 0 Å². The molecule has 0 saturated heterocycles. The molecule has 38 heavy (non-hydrogen) atoms. The molecule has 10 nitrogen and oxygen atoms in total. The molecule has 1 aromatic rings. The van der Waals surface area contributed by atoms with Gasteiger partial charge in [0.05, 0.1) is 11.6 Å². The van der Waals surface area contributed by atoms with Gasteiger partial charge in [-0.1, -0.05) is 20.8 Å². The molecule has 1 fully saturated rings. The van der Waals surface area contributed by atoms with E-state index in [0.29, 0.717) is 17.7 Å². The zero-order valence-electron chi connectivity index (χ0n) is 23.2. The average Bonchev–Trinajstić information content (AvgIpc) is 2.73. The molecule has 1 amide bonds. The first-order valence-electron chi connectivity index (χ1n) is 12.7. The lowest BCUT2D eigenvalue weighted by Crippen LogP contribution is -2.69. The Bertz CT molecular complexity index is 1380. The summed E-state index contributed by atoms with van der Waals surface area (Å²) >= 11 is 0. The van der Waals surface area contributed by atoms with E-state index in [1.165, 1.54) is 0 Å². The molecule has 0 aliphatic heterocycles. The van der Waals surface area contributed by atoms with Crippen LogP contribution in [0.4, 0.5) is 0 Å². The number of primary amides is 1. The smallest absolute Gasteiger partial charge is 0.259 e. The first-order valence-corrected chi connectivity index (χ1v) is 15.6. The van der Waals surface area contributed by atoms with Crippen LogP contribution in [0.2, 0.25) is 18.1 Å². The van der Waals surface area contributed by atoms with Crippen molar-refractivity contribution in [3.63, 3.8) is 0 Å². The summed E-state index contributed by atoms with van der Waals surface area (Å²) in [4.78, 5) is 57.9. The predicted octanol–water partition coefficient (Wildman–Crippen LogP) is 2.28. The number of nitrogens with two attached hydrogens (primary N) is 1. The third-order valence-corrected chi connectivity index (χ3v) is 13.2. The number of aryl methyl sites for hydroxylation is 1. The van der Waals surface area contributed by atoms with E-state index in [-0.39, 0.29) is 17.6 Å². The normalized spacial score (nSPS) is 27.9. The number of H-pyrrole nitrogens is 1. The van der Waals surface area contributed by atoms with Gasteiger partial charge in [-0.3, -0.25) is 24.1 Å². The number of carbonyl (C=O) groups excluding carboxylic acids is 3. The van der Waals surface area contributed by atoms with E-state index in [1.54, 1.807) is 32.0 Å². The van der Waals surface area contributed by atoms with E-state index in [9.17, 15) is 29.4 Å². The highest BCUT2D eigenvalue weighted by Crippen LogP contribution is 2.55. The average molecular weight is 544 g/mol. The number of aliphatic hydroxyl groups excluding tert-OH is 2. The summed E-state index contributed by atoms with van der Waals surface area (Å²) in [6.45, 7) is 11.4. The summed E-state index contributed by atoms with van der Waals surface area (Å²) in [7, 11) is 0.438. The molecular formula is C27H37N3O7Si. The maximum Gasteiger partial charge on any atom is 0.259 e. The second-order valence-corrected chi connectivity index (χ2v) is 17.2. The molecule has 0 radical (unpaired) electrons. The van der Waals surface area contributed by atoms with Crippen LogP contribution in [0.3, 0.4) is 0 Å². The molecule has 0 unspecified atom stereocenters. The van der Waals surface area contributed by atoms with Gasteiger partial charge in [0.2, 0.25) is 5.78 Å². The molecule has 11 heteroatoms. The van der Waals surface area contributed by atoms with Crippen molar-refractivity contribution in [2.75, 3.05) is 14.1 Å². The van der Waals surface area contributed by atoms with E-state index in [1.807, 2.05) is 33.9 Å². The van der Waals surface area contributed by atoms with Crippen molar-refractivity contribution >= 4 is 31.6 Å². The lowest BCUT2D eigenvalue weighted by Gasteiger charge is -2.55. The molecule has 3 aliphatic rings. The zero-order valence-corrected chi connectivity index (χ0v) is 24.2. The number of fused-ring (bicyclic) bond motifs is 3. The Hall–Kier alpha value is -3.02. The highest BCUT2D eigenvalue weighted by Gasteiger charge is 2.67. The highest BCUT2D eigenvalue weighted by atomic mass is 28.4. The second kappa shape index (κ2) is 8.75. The van der Waals surface area contributed by atoms with Gasteiger partial charge in [0.15, 0.2) is 19.7 Å². The molecule has 4 rings (SSSR count). The number of Topliss-reactive ketones (excluding diaryl/α,β-unsaturated/α-hetero) is 2. The fourth-order valence-electron chi connectivity index (χ4n) is 6.03. The van der Waals surface area contributed by atoms with Crippen LogP contribution in [-0.2, 0) is 25.2 Å². The van der Waals surface area contributed by atoms with Gasteiger partial charge in [0.25, 0.3) is 11.5 Å². The number of ketones is 2. The molecule has 1 saturated carbocycles. The van der Waals surface area contributed by atoms with Crippen molar-refractivity contribution < 1.29 is 29.0 Å². The van der Waals surface area contributed by atoms with Gasteiger partial charge < -0.3 is 25.4 Å². The van der Waals surface area contributed by atoms with E-state index in [0.717, 1.165) is 0 Å². The fourth-order valence-corrected chi connectivity index (χ4v) is 7.49. The van der Waals surface area contributed by atoms with Crippen LogP contribution in [0.15, 0.2) is 27.8 Å². The number of aromatic amines is 1. The summed E-state index contributed by atoms with van der Waals surface area (Å²) in [5.74, 6) is -5.27. The van der Waals surface area contributed by atoms with Crippen LogP contribution in [0.25, 0.3) is 5.76 Å². The molecule has 206 valence electrons. The number of likely N-dealkylation sites (N-methyl/N-ethyl adjacent to an activating group) is 1. The van der Waals surface area contributed by atoms with Crippen LogP contribution in [0.5, 0.6) is 0 Å². The van der Waals surface area contributed by atoms with Crippen molar-refractivity contribution in [1.82, 2.24) is 9.88 Å². The molecule has 3 aliphatic carbocycles. The Labute approximate surface area is 222 Å². The van der Waals surface area contributed by atoms with Gasteiger partial charge in [0, 0.05) is 17.2 Å². The number of amides is 1. The van der Waals surface area contributed by atoms with Crippen LogP contribution in [-0.4, -0.2) is 71.6 Å². The molecule has 0 aromatic carbocycles. The molecule has 4 atom stereocenters. The maximum atomic E-state index is 14.7. The third kappa shape index (κ3) is 3.82. The summed E-state index contributed by atoms with van der Waals surface area (Å²) in [6.07, 6.45) is 0.481. The van der Waals surface area contributed by atoms with Crippen LogP contribution in [0.1, 0.15) is 44.0 Å². The number of aliphatic hydroxyl groups is 2. The van der Waals surface area contributed by atoms with E-state index >= 15 is 0 Å². The van der Waals surface area contributed by atoms with E-state index in [2.05, 4.69) is 4.98 Å². The SMILES string of the molecule is Cc1cc2c(c(=O)[nH]1)C(O)=C1C(=O)[C@]3(O[Si](C)(C)C(C)(C)C)C(O)=C(C(N)=O)C(=O)[C@@H](N(C)C)[C@@H]3C[C@@H]1C2. The number of hydrogen-bond acceptors (Lipinski definition) is 8. The highest BCUT2D eigenvalue weighted by molar-refractivity contribution is 6.74. The molecule has 0 spiro atoms. The molecule has 5 N–H and O–H groups in total. The van der Waals surface area contributed by atoms with Crippen LogP contribution in [0, 0.1) is 18.8 Å². The number of aromatic nitrogens is 1.